The highest BCUT2D eigenvalue weighted by Gasteiger charge is 2.55. The molecule has 2 aliphatic heterocycles. The quantitative estimate of drug-likeness (QED) is 0.560. The van der Waals surface area contributed by atoms with Gasteiger partial charge < -0.3 is 4.90 Å². The van der Waals surface area contributed by atoms with Crippen LogP contribution in [0.2, 0.25) is 0 Å². The monoisotopic (exact) mass is 440 g/mol. The van der Waals surface area contributed by atoms with Gasteiger partial charge in [-0.25, -0.2) is 0 Å². The lowest BCUT2D eigenvalue weighted by Crippen LogP contribution is -2.55. The SMILES string of the molecule is N#CC(C#N)=c1ccc2c(c1)N1C(c3ccccc3)=C[C@H](c3ccccc3)[C@H]3CCCC[C@@]31N=2. The Bertz CT molecular complexity index is 1480. The summed E-state index contributed by atoms with van der Waals surface area (Å²) in [7, 11) is 0. The Kier molecular flexibility index (Phi) is 4.82. The highest BCUT2D eigenvalue weighted by molar-refractivity contribution is 5.85. The van der Waals surface area contributed by atoms with Crippen molar-refractivity contribution in [2.45, 2.75) is 37.3 Å². The molecule has 0 unspecified atom stereocenters. The van der Waals surface area contributed by atoms with Gasteiger partial charge in [0.15, 0.2) is 0 Å². The fourth-order valence-electron chi connectivity index (χ4n) is 6.16. The maximum absolute atomic E-state index is 9.48. The second-order valence-electron chi connectivity index (χ2n) is 9.33. The first-order valence-corrected chi connectivity index (χ1v) is 11.9. The number of allylic oxidation sites excluding steroid dienone is 1. The fraction of sp³-hybridized carbons (Fsp3) is 0.233. The molecule has 34 heavy (non-hydrogen) atoms. The fourth-order valence-corrected chi connectivity index (χ4v) is 6.16. The third-order valence-corrected chi connectivity index (χ3v) is 7.60. The molecule has 3 atom stereocenters. The van der Waals surface area contributed by atoms with E-state index in [1.165, 1.54) is 12.0 Å². The molecule has 1 spiro atoms. The number of nitriles is 2. The zero-order valence-electron chi connectivity index (χ0n) is 18.9. The minimum atomic E-state index is -0.362. The second kappa shape index (κ2) is 8.01. The van der Waals surface area contributed by atoms with Crippen molar-refractivity contribution in [3.05, 3.63) is 107 Å². The number of fused-ring (bicyclic) bond motifs is 2. The lowest BCUT2D eigenvalue weighted by atomic mass is 9.66. The van der Waals surface area contributed by atoms with Gasteiger partial charge in [-0.2, -0.15) is 10.5 Å². The molecule has 0 amide bonds. The smallest absolute Gasteiger partial charge is 0.140 e. The molecule has 2 heterocycles. The summed E-state index contributed by atoms with van der Waals surface area (Å²) >= 11 is 0. The van der Waals surface area contributed by atoms with Crippen molar-refractivity contribution in [3.63, 3.8) is 0 Å². The Labute approximate surface area is 199 Å². The van der Waals surface area contributed by atoms with Gasteiger partial charge in [0.05, 0.1) is 11.0 Å². The summed E-state index contributed by atoms with van der Waals surface area (Å²) in [6, 6.07) is 31.3. The van der Waals surface area contributed by atoms with E-state index in [0.29, 0.717) is 11.1 Å². The van der Waals surface area contributed by atoms with Gasteiger partial charge in [-0.15, -0.1) is 0 Å². The van der Waals surface area contributed by atoms with E-state index in [1.54, 1.807) is 0 Å². The molecule has 164 valence electrons. The van der Waals surface area contributed by atoms with Gasteiger partial charge >= 0.3 is 0 Å². The van der Waals surface area contributed by atoms with Crippen LogP contribution < -0.4 is 15.5 Å². The molecule has 1 aliphatic carbocycles. The summed E-state index contributed by atoms with van der Waals surface area (Å²) in [5, 5.41) is 20.6. The van der Waals surface area contributed by atoms with Crippen LogP contribution in [-0.4, -0.2) is 5.66 Å². The van der Waals surface area contributed by atoms with Crippen LogP contribution in [0.4, 0.5) is 5.69 Å². The predicted octanol–water partition coefficient (Wildman–Crippen LogP) is 5.05. The third-order valence-electron chi connectivity index (χ3n) is 7.60. The van der Waals surface area contributed by atoms with E-state index in [0.717, 1.165) is 41.6 Å². The molecule has 1 saturated carbocycles. The van der Waals surface area contributed by atoms with E-state index in [2.05, 4.69) is 65.6 Å². The summed E-state index contributed by atoms with van der Waals surface area (Å²) in [6.45, 7) is 0. The van der Waals surface area contributed by atoms with Crippen LogP contribution in [0.5, 0.6) is 0 Å². The first-order valence-electron chi connectivity index (χ1n) is 11.9. The average Bonchev–Trinajstić information content (AvgIpc) is 3.22. The number of anilines is 1. The van der Waals surface area contributed by atoms with Crippen molar-refractivity contribution in [1.82, 2.24) is 0 Å². The summed E-state index contributed by atoms with van der Waals surface area (Å²) in [5.74, 6) is 0.619. The maximum atomic E-state index is 9.48. The minimum absolute atomic E-state index is 0.133. The molecule has 6 rings (SSSR count). The van der Waals surface area contributed by atoms with Crippen LogP contribution in [0.15, 0.2) is 89.9 Å². The molecular formula is C30H24N4. The van der Waals surface area contributed by atoms with Gasteiger partial charge in [-0.05, 0) is 42.5 Å². The molecule has 3 aromatic rings. The van der Waals surface area contributed by atoms with Crippen molar-refractivity contribution in [1.29, 1.82) is 10.5 Å². The molecule has 0 N–H and O–H groups in total. The van der Waals surface area contributed by atoms with E-state index >= 15 is 0 Å². The Hall–Kier alpha value is -4.15. The van der Waals surface area contributed by atoms with Crippen molar-refractivity contribution in [2.75, 3.05) is 4.90 Å². The Morgan fingerprint density at radius 2 is 1.65 bits per heavy atom. The number of nitrogens with zero attached hydrogens (tertiary/aromatic N) is 4. The largest absolute Gasteiger partial charge is 0.314 e. The summed E-state index contributed by atoms with van der Waals surface area (Å²) in [4.78, 5) is 7.87. The molecule has 0 bridgehead atoms. The maximum Gasteiger partial charge on any atom is 0.140 e. The van der Waals surface area contributed by atoms with Crippen molar-refractivity contribution in [2.24, 2.45) is 10.9 Å². The summed E-state index contributed by atoms with van der Waals surface area (Å²) < 4.78 is 0. The van der Waals surface area contributed by atoms with Crippen LogP contribution in [0.25, 0.3) is 11.3 Å². The van der Waals surface area contributed by atoms with Crippen LogP contribution in [0, 0.1) is 28.6 Å². The van der Waals surface area contributed by atoms with Crippen molar-refractivity contribution >= 4 is 17.0 Å². The summed E-state index contributed by atoms with van der Waals surface area (Å²) in [5.41, 5.74) is 4.41. The average molecular weight is 441 g/mol. The lowest BCUT2D eigenvalue weighted by Gasteiger charge is -2.53. The number of hydrogen-bond acceptors (Lipinski definition) is 4. The second-order valence-corrected chi connectivity index (χ2v) is 9.33. The van der Waals surface area contributed by atoms with E-state index < -0.39 is 0 Å². The van der Waals surface area contributed by atoms with Gasteiger partial charge in [0.1, 0.15) is 23.4 Å². The van der Waals surface area contributed by atoms with E-state index in [-0.39, 0.29) is 17.2 Å². The first-order chi connectivity index (χ1) is 16.7. The molecule has 0 aromatic heterocycles. The predicted molar refractivity (Wildman–Crippen MR) is 133 cm³/mol. The lowest BCUT2D eigenvalue weighted by molar-refractivity contribution is 0.176. The zero-order chi connectivity index (χ0) is 23.1. The Morgan fingerprint density at radius 1 is 0.912 bits per heavy atom. The number of benzene rings is 3. The Morgan fingerprint density at radius 3 is 2.38 bits per heavy atom. The van der Waals surface area contributed by atoms with E-state index in [4.69, 9.17) is 4.99 Å². The zero-order valence-corrected chi connectivity index (χ0v) is 18.9. The number of rotatable bonds is 2. The van der Waals surface area contributed by atoms with E-state index in [1.807, 2.05) is 36.4 Å². The van der Waals surface area contributed by atoms with Crippen molar-refractivity contribution in [3.8, 4) is 12.1 Å². The molecule has 1 fully saturated rings. The van der Waals surface area contributed by atoms with Gasteiger partial charge in [0, 0.05) is 22.8 Å². The topological polar surface area (TPSA) is 63.2 Å². The molecule has 0 saturated heterocycles. The number of hydrogen-bond donors (Lipinski definition) is 0. The third kappa shape index (κ3) is 3.00. The normalized spacial score (nSPS) is 24.4. The van der Waals surface area contributed by atoms with Gasteiger partial charge in [-0.3, -0.25) is 4.99 Å². The van der Waals surface area contributed by atoms with Crippen LogP contribution >= 0.6 is 0 Å². The molecule has 3 aliphatic rings. The van der Waals surface area contributed by atoms with Gasteiger partial charge in [-0.1, -0.05) is 79.2 Å². The Balaban J connectivity index is 1.65. The highest BCUT2D eigenvalue weighted by atomic mass is 15.4. The molecule has 3 aromatic carbocycles. The van der Waals surface area contributed by atoms with Crippen LogP contribution in [-0.2, 0) is 0 Å². The summed E-state index contributed by atoms with van der Waals surface area (Å²) in [6.07, 6.45) is 6.87. The minimum Gasteiger partial charge on any atom is -0.314 e. The van der Waals surface area contributed by atoms with Gasteiger partial charge in [0.25, 0.3) is 0 Å². The molecule has 4 heteroatoms. The van der Waals surface area contributed by atoms with E-state index in [9.17, 15) is 10.5 Å². The molecule has 4 nitrogen and oxygen atoms in total. The highest BCUT2D eigenvalue weighted by Crippen LogP contribution is 2.55. The van der Waals surface area contributed by atoms with Gasteiger partial charge in [0.2, 0.25) is 0 Å². The standard InChI is InChI=1S/C30H24N4/c31-19-24(20-32)23-14-15-27-29(17-23)34-28(22-11-5-2-6-12-22)18-25(21-9-3-1-4-10-21)26-13-7-8-16-30(26,34)33-27/h1-6,9-12,14-15,17-18,25-26H,7-8,13,16H2/t25-,26-,30+/m1/s1. The molecular weight excluding hydrogens is 416 g/mol. The van der Waals surface area contributed by atoms with Crippen LogP contribution in [0.1, 0.15) is 42.7 Å². The van der Waals surface area contributed by atoms with Crippen LogP contribution in [0.3, 0.4) is 0 Å². The first kappa shape index (κ1) is 20.5. The molecule has 0 radical (unpaired) electrons. The van der Waals surface area contributed by atoms with Crippen molar-refractivity contribution < 1.29 is 0 Å².